The zero-order valence-electron chi connectivity index (χ0n) is 10.4. The number of nitrogens with zero attached hydrogens (tertiary/aromatic N) is 2. The molecule has 19 heavy (non-hydrogen) atoms. The van der Waals surface area contributed by atoms with Gasteiger partial charge in [0.15, 0.2) is 0 Å². The second-order valence-corrected chi connectivity index (χ2v) is 6.23. The van der Waals surface area contributed by atoms with Crippen molar-refractivity contribution in [3.8, 4) is 0 Å². The van der Waals surface area contributed by atoms with Crippen molar-refractivity contribution in [2.24, 2.45) is 7.05 Å². The van der Waals surface area contributed by atoms with Gasteiger partial charge in [-0.3, -0.25) is 9.40 Å². The minimum Gasteiger partial charge on any atom is -0.398 e. The average Bonchev–Trinajstić information content (AvgIpc) is 2.73. The maximum absolute atomic E-state index is 12.1. The fourth-order valence-electron chi connectivity index (χ4n) is 1.56. The summed E-state index contributed by atoms with van der Waals surface area (Å²) in [7, 11) is -2.03. The van der Waals surface area contributed by atoms with E-state index in [9.17, 15) is 8.42 Å². The highest BCUT2D eigenvalue weighted by Crippen LogP contribution is 2.28. The molecule has 2 rings (SSSR count). The Morgan fingerprint density at radius 1 is 1.42 bits per heavy atom. The maximum atomic E-state index is 12.1. The first-order valence-corrected chi connectivity index (χ1v) is 7.23. The molecular formula is C11H13ClN4O2S. The van der Waals surface area contributed by atoms with E-state index in [1.54, 1.807) is 20.0 Å². The second-order valence-electron chi connectivity index (χ2n) is 4.14. The molecule has 1 aromatic heterocycles. The van der Waals surface area contributed by atoms with Gasteiger partial charge in [0.25, 0.3) is 10.0 Å². The summed E-state index contributed by atoms with van der Waals surface area (Å²) in [6, 6.07) is 3.10. The first-order valence-electron chi connectivity index (χ1n) is 5.36. The van der Waals surface area contributed by atoms with Crippen molar-refractivity contribution in [3.63, 3.8) is 0 Å². The lowest BCUT2D eigenvalue weighted by Crippen LogP contribution is -2.13. The Morgan fingerprint density at radius 3 is 2.68 bits per heavy atom. The Morgan fingerprint density at radius 2 is 2.11 bits per heavy atom. The number of halogens is 1. The van der Waals surface area contributed by atoms with Crippen molar-refractivity contribution in [2.75, 3.05) is 10.5 Å². The van der Waals surface area contributed by atoms with Crippen LogP contribution in [0.5, 0.6) is 0 Å². The van der Waals surface area contributed by atoms with E-state index in [0.717, 1.165) is 0 Å². The maximum Gasteiger partial charge on any atom is 0.265 e. The number of hydrogen-bond acceptors (Lipinski definition) is 4. The van der Waals surface area contributed by atoms with E-state index in [2.05, 4.69) is 9.82 Å². The van der Waals surface area contributed by atoms with E-state index < -0.39 is 10.0 Å². The van der Waals surface area contributed by atoms with Crippen LogP contribution in [0.25, 0.3) is 0 Å². The molecule has 3 N–H and O–H groups in total. The number of benzene rings is 1. The monoisotopic (exact) mass is 300 g/mol. The molecule has 0 radical (unpaired) electrons. The first-order chi connectivity index (χ1) is 8.79. The van der Waals surface area contributed by atoms with Gasteiger partial charge in [-0.25, -0.2) is 8.42 Å². The number of nitrogen functional groups attached to an aromatic ring is 1. The molecular weight excluding hydrogens is 288 g/mol. The van der Waals surface area contributed by atoms with Crippen molar-refractivity contribution in [2.45, 2.75) is 11.8 Å². The third kappa shape index (κ3) is 2.82. The number of nitrogens with one attached hydrogen (secondary N) is 1. The van der Waals surface area contributed by atoms with Gasteiger partial charge in [0, 0.05) is 13.2 Å². The molecule has 0 unspecified atom stereocenters. The largest absolute Gasteiger partial charge is 0.398 e. The minimum absolute atomic E-state index is 0.0855. The Bertz CT molecular complexity index is 724. The minimum atomic E-state index is -3.68. The van der Waals surface area contributed by atoms with Gasteiger partial charge in [-0.1, -0.05) is 11.6 Å². The predicted octanol–water partition coefficient (Wildman–Crippen LogP) is 1.76. The van der Waals surface area contributed by atoms with Crippen LogP contribution in [-0.2, 0) is 17.1 Å². The van der Waals surface area contributed by atoms with Gasteiger partial charge in [0.05, 0.1) is 22.6 Å². The van der Waals surface area contributed by atoms with E-state index in [1.807, 2.05) is 0 Å². The molecule has 0 aliphatic carbocycles. The molecule has 1 aromatic carbocycles. The van der Waals surface area contributed by atoms with Gasteiger partial charge in [-0.15, -0.1) is 0 Å². The van der Waals surface area contributed by atoms with Gasteiger partial charge >= 0.3 is 0 Å². The van der Waals surface area contributed by atoms with Crippen molar-refractivity contribution in [3.05, 3.63) is 35.1 Å². The molecule has 0 aliphatic rings. The third-order valence-corrected chi connectivity index (χ3v) is 4.23. The van der Waals surface area contributed by atoms with Gasteiger partial charge in [-0.05, 0) is 24.6 Å². The fraction of sp³-hybridized carbons (Fsp3) is 0.182. The van der Waals surface area contributed by atoms with Crippen LogP contribution in [-0.4, -0.2) is 18.2 Å². The van der Waals surface area contributed by atoms with E-state index in [-0.39, 0.29) is 4.90 Å². The molecule has 0 saturated carbocycles. The molecule has 0 atom stereocenters. The predicted molar refractivity (Wildman–Crippen MR) is 74.6 cm³/mol. The van der Waals surface area contributed by atoms with Crippen LogP contribution in [0.1, 0.15) is 5.56 Å². The van der Waals surface area contributed by atoms with Crippen molar-refractivity contribution in [1.29, 1.82) is 0 Å². The average molecular weight is 301 g/mol. The lowest BCUT2D eigenvalue weighted by Gasteiger charge is -2.11. The van der Waals surface area contributed by atoms with E-state index in [0.29, 0.717) is 22.0 Å². The van der Waals surface area contributed by atoms with Gasteiger partial charge in [0.2, 0.25) is 0 Å². The standard InChI is InChI=1S/C11H13ClN4O2S/c1-7-3-10(13)9(12)4-11(7)15-19(17,18)8-5-14-16(2)6-8/h3-6,15H,13H2,1-2H3. The summed E-state index contributed by atoms with van der Waals surface area (Å²) in [5.74, 6) is 0. The van der Waals surface area contributed by atoms with Crippen LogP contribution in [0.3, 0.4) is 0 Å². The molecule has 0 fully saturated rings. The summed E-state index contributed by atoms with van der Waals surface area (Å²) in [5.41, 5.74) is 7.13. The van der Waals surface area contributed by atoms with Crippen molar-refractivity contribution in [1.82, 2.24) is 9.78 Å². The fourth-order valence-corrected chi connectivity index (χ4v) is 2.82. The van der Waals surface area contributed by atoms with Crippen molar-refractivity contribution >= 4 is 33.0 Å². The number of rotatable bonds is 3. The Hall–Kier alpha value is -1.73. The van der Waals surface area contributed by atoms with Crippen molar-refractivity contribution < 1.29 is 8.42 Å². The van der Waals surface area contributed by atoms with E-state index >= 15 is 0 Å². The normalized spacial score (nSPS) is 11.5. The topological polar surface area (TPSA) is 90.0 Å². The van der Waals surface area contributed by atoms with E-state index in [4.69, 9.17) is 17.3 Å². The summed E-state index contributed by atoms with van der Waals surface area (Å²) in [6.45, 7) is 1.74. The highest BCUT2D eigenvalue weighted by molar-refractivity contribution is 7.92. The first kappa shape index (κ1) is 13.7. The molecule has 0 bridgehead atoms. The number of nitrogens with two attached hydrogens (primary N) is 1. The third-order valence-electron chi connectivity index (χ3n) is 2.58. The molecule has 0 spiro atoms. The van der Waals surface area contributed by atoms with Crippen LogP contribution in [0.4, 0.5) is 11.4 Å². The molecule has 0 aliphatic heterocycles. The van der Waals surface area contributed by atoms with Crippen LogP contribution in [0, 0.1) is 6.92 Å². The van der Waals surface area contributed by atoms with Crippen LogP contribution in [0.2, 0.25) is 5.02 Å². The molecule has 0 amide bonds. The smallest absolute Gasteiger partial charge is 0.265 e. The molecule has 1 heterocycles. The Balaban J connectivity index is 2.38. The van der Waals surface area contributed by atoms with Gasteiger partial charge in [0.1, 0.15) is 4.90 Å². The Labute approximate surface area is 116 Å². The number of aromatic nitrogens is 2. The number of anilines is 2. The highest BCUT2D eigenvalue weighted by Gasteiger charge is 2.17. The summed E-state index contributed by atoms with van der Waals surface area (Å²) < 4.78 is 28.1. The second kappa shape index (κ2) is 4.75. The summed E-state index contributed by atoms with van der Waals surface area (Å²) in [4.78, 5) is 0.0855. The van der Waals surface area contributed by atoms with Gasteiger partial charge < -0.3 is 5.73 Å². The molecule has 6 nitrogen and oxygen atoms in total. The van der Waals surface area contributed by atoms with Crippen LogP contribution < -0.4 is 10.5 Å². The lowest BCUT2D eigenvalue weighted by atomic mass is 10.2. The Kier molecular flexibility index (Phi) is 3.42. The highest BCUT2D eigenvalue weighted by atomic mass is 35.5. The number of hydrogen-bond donors (Lipinski definition) is 2. The lowest BCUT2D eigenvalue weighted by molar-refractivity contribution is 0.601. The summed E-state index contributed by atoms with van der Waals surface area (Å²) >= 11 is 5.89. The summed E-state index contributed by atoms with van der Waals surface area (Å²) in [6.07, 6.45) is 2.69. The summed E-state index contributed by atoms with van der Waals surface area (Å²) in [5, 5.41) is 4.13. The van der Waals surface area contributed by atoms with Crippen LogP contribution in [0.15, 0.2) is 29.4 Å². The zero-order valence-corrected chi connectivity index (χ0v) is 12.0. The zero-order chi connectivity index (χ0) is 14.2. The number of sulfonamides is 1. The molecule has 2 aromatic rings. The van der Waals surface area contributed by atoms with E-state index in [1.165, 1.54) is 23.1 Å². The molecule has 0 saturated heterocycles. The molecule has 102 valence electrons. The van der Waals surface area contributed by atoms with Gasteiger partial charge in [-0.2, -0.15) is 5.10 Å². The van der Waals surface area contributed by atoms with Crippen LogP contribution >= 0.6 is 11.6 Å². The molecule has 8 heteroatoms. The SMILES string of the molecule is Cc1cc(N)c(Cl)cc1NS(=O)(=O)c1cnn(C)c1. The quantitative estimate of drug-likeness (QED) is 0.845. The number of aryl methyl sites for hydroxylation is 2.